The van der Waals surface area contributed by atoms with Gasteiger partial charge >= 0.3 is 0 Å². The molecule has 0 aliphatic heterocycles. The second kappa shape index (κ2) is 6.99. The van der Waals surface area contributed by atoms with Gasteiger partial charge in [-0.05, 0) is 43.3 Å². The fourth-order valence-corrected chi connectivity index (χ4v) is 2.88. The zero-order valence-electron chi connectivity index (χ0n) is 13.9. The molecule has 0 aliphatic rings. The molecule has 1 aromatic heterocycles. The van der Waals surface area contributed by atoms with Crippen LogP contribution in [-0.4, -0.2) is 17.6 Å². The summed E-state index contributed by atoms with van der Waals surface area (Å²) in [5, 5.41) is 3.67. The molecule has 1 heterocycles. The first-order valence-electron chi connectivity index (χ1n) is 7.81. The smallest absolute Gasteiger partial charge is 0.261 e. The normalized spacial score (nSPS) is 10.7. The number of nitrogens with one attached hydrogen (secondary N) is 1. The average molecular weight is 357 g/mol. The highest BCUT2D eigenvalue weighted by atomic mass is 35.5. The van der Waals surface area contributed by atoms with Gasteiger partial charge in [0.05, 0.1) is 18.0 Å². The number of ether oxygens (including phenoxy) is 1. The maximum absolute atomic E-state index is 12.8. The Kier molecular flexibility index (Phi) is 4.76. The minimum absolute atomic E-state index is 0.0718. The molecule has 2 aromatic carbocycles. The van der Waals surface area contributed by atoms with Gasteiger partial charge in [0, 0.05) is 23.5 Å². The number of carbonyl (C=O) groups is 1. The van der Waals surface area contributed by atoms with Crippen molar-refractivity contribution in [3.8, 4) is 5.75 Å². The lowest BCUT2D eigenvalue weighted by Gasteiger charge is -2.13. The number of hydrogen-bond acceptors (Lipinski definition) is 3. The Hall–Kier alpha value is -2.79. The van der Waals surface area contributed by atoms with Gasteiger partial charge in [-0.15, -0.1) is 0 Å². The predicted molar refractivity (Wildman–Crippen MR) is 99.8 cm³/mol. The van der Waals surface area contributed by atoms with E-state index in [1.54, 1.807) is 42.6 Å². The lowest BCUT2D eigenvalue weighted by atomic mass is 10.1. The summed E-state index contributed by atoms with van der Waals surface area (Å²) < 4.78 is 7.06. The molecule has 0 unspecified atom stereocenters. The summed E-state index contributed by atoms with van der Waals surface area (Å²) >= 11 is 5.93. The number of amides is 1. The van der Waals surface area contributed by atoms with Crippen molar-refractivity contribution in [3.05, 3.63) is 69.5 Å². The van der Waals surface area contributed by atoms with Crippen molar-refractivity contribution in [2.75, 3.05) is 12.4 Å². The minimum Gasteiger partial charge on any atom is -0.497 e. The standard InChI is InChI=1S/C19H17ClN2O3/c1-3-22-11-16(19(24)21-13-6-4-5-12(20)9-13)18(23)15-10-14(25-2)7-8-17(15)22/h4-11H,3H2,1-2H3,(H,21,24). The number of rotatable bonds is 4. The molecule has 0 bridgehead atoms. The van der Waals surface area contributed by atoms with Crippen LogP contribution in [0.3, 0.4) is 0 Å². The summed E-state index contributed by atoms with van der Waals surface area (Å²) in [6.45, 7) is 2.58. The van der Waals surface area contributed by atoms with Crippen LogP contribution < -0.4 is 15.5 Å². The first-order chi connectivity index (χ1) is 12.0. The number of carbonyl (C=O) groups excluding carboxylic acids is 1. The van der Waals surface area contributed by atoms with Gasteiger partial charge < -0.3 is 14.6 Å². The maximum Gasteiger partial charge on any atom is 0.261 e. The first-order valence-corrected chi connectivity index (χ1v) is 8.19. The van der Waals surface area contributed by atoms with E-state index in [1.807, 2.05) is 17.6 Å². The lowest BCUT2D eigenvalue weighted by Crippen LogP contribution is -2.23. The predicted octanol–water partition coefficient (Wildman–Crippen LogP) is 3.94. The minimum atomic E-state index is -0.473. The molecule has 0 saturated carbocycles. The van der Waals surface area contributed by atoms with E-state index in [4.69, 9.17) is 16.3 Å². The van der Waals surface area contributed by atoms with Crippen LogP contribution in [0.25, 0.3) is 10.9 Å². The number of anilines is 1. The van der Waals surface area contributed by atoms with Crippen molar-refractivity contribution in [2.45, 2.75) is 13.5 Å². The second-order valence-electron chi connectivity index (χ2n) is 5.51. The molecular weight excluding hydrogens is 340 g/mol. The van der Waals surface area contributed by atoms with Crippen LogP contribution in [0.4, 0.5) is 5.69 Å². The van der Waals surface area contributed by atoms with Crippen molar-refractivity contribution in [2.24, 2.45) is 0 Å². The Morgan fingerprint density at radius 2 is 2.04 bits per heavy atom. The van der Waals surface area contributed by atoms with Gasteiger partial charge in [-0.1, -0.05) is 17.7 Å². The number of aryl methyl sites for hydroxylation is 1. The van der Waals surface area contributed by atoms with E-state index in [0.29, 0.717) is 28.4 Å². The summed E-state index contributed by atoms with van der Waals surface area (Å²) in [6.07, 6.45) is 1.58. The van der Waals surface area contributed by atoms with Gasteiger partial charge in [0.25, 0.3) is 5.91 Å². The van der Waals surface area contributed by atoms with E-state index in [9.17, 15) is 9.59 Å². The molecule has 0 atom stereocenters. The monoisotopic (exact) mass is 356 g/mol. The third-order valence-electron chi connectivity index (χ3n) is 3.96. The van der Waals surface area contributed by atoms with Gasteiger partial charge in [0.2, 0.25) is 5.43 Å². The molecule has 25 heavy (non-hydrogen) atoms. The molecule has 3 aromatic rings. The Labute approximate surface area is 149 Å². The van der Waals surface area contributed by atoms with Crippen LogP contribution in [0.15, 0.2) is 53.5 Å². The van der Waals surface area contributed by atoms with E-state index in [1.165, 1.54) is 7.11 Å². The summed E-state index contributed by atoms with van der Waals surface area (Å²) in [5.41, 5.74) is 1.03. The van der Waals surface area contributed by atoms with Crippen molar-refractivity contribution in [1.29, 1.82) is 0 Å². The molecule has 0 saturated heterocycles. The van der Waals surface area contributed by atoms with Gasteiger partial charge in [-0.3, -0.25) is 9.59 Å². The van der Waals surface area contributed by atoms with Crippen LogP contribution in [0.5, 0.6) is 5.75 Å². The van der Waals surface area contributed by atoms with Gasteiger partial charge in [-0.2, -0.15) is 0 Å². The van der Waals surface area contributed by atoms with Gasteiger partial charge in [0.15, 0.2) is 0 Å². The third kappa shape index (κ3) is 3.37. The summed E-state index contributed by atoms with van der Waals surface area (Å²) in [6, 6.07) is 12.0. The number of methoxy groups -OCH3 is 1. The SMILES string of the molecule is CCn1cc(C(=O)Nc2cccc(Cl)c2)c(=O)c2cc(OC)ccc21. The number of pyridine rings is 1. The fourth-order valence-electron chi connectivity index (χ4n) is 2.69. The molecule has 1 N–H and O–H groups in total. The van der Waals surface area contributed by atoms with Crippen molar-refractivity contribution in [1.82, 2.24) is 4.57 Å². The number of hydrogen-bond donors (Lipinski definition) is 1. The Balaban J connectivity index is 2.10. The summed E-state index contributed by atoms with van der Waals surface area (Å²) in [4.78, 5) is 25.4. The fraction of sp³-hybridized carbons (Fsp3) is 0.158. The number of nitrogens with zero attached hydrogens (tertiary/aromatic N) is 1. The molecule has 0 fully saturated rings. The zero-order valence-corrected chi connectivity index (χ0v) is 14.6. The summed E-state index contributed by atoms with van der Waals surface area (Å²) in [7, 11) is 1.54. The van der Waals surface area contributed by atoms with Crippen molar-refractivity contribution < 1.29 is 9.53 Å². The largest absolute Gasteiger partial charge is 0.497 e. The number of halogens is 1. The number of benzene rings is 2. The number of fused-ring (bicyclic) bond motifs is 1. The highest BCUT2D eigenvalue weighted by Crippen LogP contribution is 2.20. The van der Waals surface area contributed by atoms with Crippen molar-refractivity contribution >= 4 is 34.1 Å². The van der Waals surface area contributed by atoms with E-state index in [2.05, 4.69) is 5.32 Å². The quantitative estimate of drug-likeness (QED) is 0.770. The molecule has 5 nitrogen and oxygen atoms in total. The maximum atomic E-state index is 12.8. The van der Waals surface area contributed by atoms with E-state index in [0.717, 1.165) is 5.52 Å². The second-order valence-corrected chi connectivity index (χ2v) is 5.94. The summed E-state index contributed by atoms with van der Waals surface area (Å²) in [5.74, 6) is 0.0961. The Morgan fingerprint density at radius 1 is 1.24 bits per heavy atom. The van der Waals surface area contributed by atoms with Crippen LogP contribution in [0.1, 0.15) is 17.3 Å². The van der Waals surface area contributed by atoms with Crippen LogP contribution >= 0.6 is 11.6 Å². The average Bonchev–Trinajstić information content (AvgIpc) is 2.61. The number of aromatic nitrogens is 1. The Bertz CT molecular complexity index is 1010. The first kappa shape index (κ1) is 17.0. The van der Waals surface area contributed by atoms with E-state index in [-0.39, 0.29) is 11.0 Å². The molecule has 6 heteroatoms. The van der Waals surface area contributed by atoms with Gasteiger partial charge in [0.1, 0.15) is 11.3 Å². The molecule has 128 valence electrons. The topological polar surface area (TPSA) is 60.3 Å². The molecule has 0 aliphatic carbocycles. The van der Waals surface area contributed by atoms with Gasteiger partial charge in [-0.25, -0.2) is 0 Å². The van der Waals surface area contributed by atoms with Crippen LogP contribution in [0, 0.1) is 0 Å². The zero-order chi connectivity index (χ0) is 18.0. The van der Waals surface area contributed by atoms with E-state index >= 15 is 0 Å². The lowest BCUT2D eigenvalue weighted by molar-refractivity contribution is 0.102. The molecular formula is C19H17ClN2O3. The van der Waals surface area contributed by atoms with Crippen LogP contribution in [0.2, 0.25) is 5.02 Å². The third-order valence-corrected chi connectivity index (χ3v) is 4.19. The highest BCUT2D eigenvalue weighted by molar-refractivity contribution is 6.31. The highest BCUT2D eigenvalue weighted by Gasteiger charge is 2.16. The molecule has 0 spiro atoms. The molecule has 1 amide bonds. The molecule has 3 rings (SSSR count). The van der Waals surface area contributed by atoms with Crippen molar-refractivity contribution in [3.63, 3.8) is 0 Å². The Morgan fingerprint density at radius 3 is 2.72 bits per heavy atom. The van der Waals surface area contributed by atoms with Crippen LogP contribution in [-0.2, 0) is 6.54 Å². The molecule has 0 radical (unpaired) electrons. The van der Waals surface area contributed by atoms with E-state index < -0.39 is 5.91 Å².